The van der Waals surface area contributed by atoms with Crippen LogP contribution in [0.4, 0.5) is 0 Å². The van der Waals surface area contributed by atoms with Gasteiger partial charge in [0.25, 0.3) is 0 Å². The fraction of sp³-hybridized carbons (Fsp3) is 0.0833. The van der Waals surface area contributed by atoms with Crippen LogP contribution < -0.4 is 0 Å². The van der Waals surface area contributed by atoms with Crippen LogP contribution in [0, 0.1) is 0 Å². The maximum absolute atomic E-state index is 9.55. The Morgan fingerprint density at radius 2 is 1.75 bits per heavy atom. The summed E-state index contributed by atoms with van der Waals surface area (Å²) in [5.41, 5.74) is 4.45. The number of benzene rings is 2. The summed E-state index contributed by atoms with van der Waals surface area (Å²) in [7, 11) is 0. The second-order valence-electron chi connectivity index (χ2n) is 6.62. The number of aromatic nitrogens is 3. The zero-order chi connectivity index (χ0) is 19.2. The Labute approximate surface area is 164 Å². The van der Waals surface area contributed by atoms with E-state index in [0.29, 0.717) is 6.54 Å². The van der Waals surface area contributed by atoms with Gasteiger partial charge in [0.2, 0.25) is 0 Å². The van der Waals surface area contributed by atoms with Gasteiger partial charge < -0.3 is 5.11 Å². The molecule has 0 bridgehead atoms. The molecule has 2 aromatic carbocycles. The largest absolute Gasteiger partial charge is 0.508 e. The van der Waals surface area contributed by atoms with E-state index in [1.54, 1.807) is 18.3 Å². The molecule has 0 saturated carbocycles. The molecule has 2 aromatic heterocycles. The average Bonchev–Trinajstić information content (AvgIpc) is 3.18. The lowest BCUT2D eigenvalue weighted by molar-refractivity contribution is 0.475. The van der Waals surface area contributed by atoms with Crippen molar-refractivity contribution in [1.29, 1.82) is 0 Å². The van der Waals surface area contributed by atoms with Crippen LogP contribution in [0.3, 0.4) is 0 Å². The molecular formula is C24H21N3O. The number of rotatable bonds is 6. The van der Waals surface area contributed by atoms with Crippen LogP contribution in [0.25, 0.3) is 6.08 Å². The maximum atomic E-state index is 9.55. The molecule has 0 aliphatic rings. The van der Waals surface area contributed by atoms with Gasteiger partial charge in [0.1, 0.15) is 5.75 Å². The molecule has 4 nitrogen and oxygen atoms in total. The summed E-state index contributed by atoms with van der Waals surface area (Å²) < 4.78 is 1.92. The highest BCUT2D eigenvalue weighted by Gasteiger charge is 2.18. The van der Waals surface area contributed by atoms with Crippen LogP contribution in [-0.2, 0) is 6.54 Å². The monoisotopic (exact) mass is 367 g/mol. The lowest BCUT2D eigenvalue weighted by atomic mass is 9.88. The average molecular weight is 367 g/mol. The molecule has 4 heteroatoms. The molecular weight excluding hydrogens is 346 g/mol. The van der Waals surface area contributed by atoms with Crippen molar-refractivity contribution in [3.8, 4) is 5.75 Å². The number of hydrogen-bond acceptors (Lipinski definition) is 3. The molecule has 2 heterocycles. The number of nitrogens with zero attached hydrogens (tertiary/aromatic N) is 3. The molecule has 4 aromatic rings. The highest BCUT2D eigenvalue weighted by molar-refractivity contribution is 5.51. The first-order valence-electron chi connectivity index (χ1n) is 9.22. The summed E-state index contributed by atoms with van der Waals surface area (Å²) in [4.78, 5) is 4.29. The summed E-state index contributed by atoms with van der Waals surface area (Å²) in [5, 5.41) is 14.1. The first-order valence-corrected chi connectivity index (χ1v) is 9.22. The molecule has 0 radical (unpaired) electrons. The van der Waals surface area contributed by atoms with Crippen LogP contribution in [0.2, 0.25) is 0 Å². The topological polar surface area (TPSA) is 50.9 Å². The van der Waals surface area contributed by atoms with Crippen LogP contribution in [0.15, 0.2) is 97.6 Å². The third-order valence-corrected chi connectivity index (χ3v) is 4.61. The molecule has 1 unspecified atom stereocenters. The minimum atomic E-state index is 0.0960. The predicted octanol–water partition coefficient (Wildman–Crippen LogP) is 4.88. The molecule has 0 saturated heterocycles. The van der Waals surface area contributed by atoms with E-state index in [2.05, 4.69) is 46.6 Å². The van der Waals surface area contributed by atoms with E-state index in [-0.39, 0.29) is 11.7 Å². The summed E-state index contributed by atoms with van der Waals surface area (Å²) in [6.07, 6.45) is 11.7. The normalized spacial score (nSPS) is 12.3. The van der Waals surface area contributed by atoms with E-state index in [1.165, 1.54) is 5.56 Å². The van der Waals surface area contributed by atoms with Crippen molar-refractivity contribution in [2.45, 2.75) is 12.5 Å². The van der Waals surface area contributed by atoms with E-state index >= 15 is 0 Å². The number of hydrogen-bond donors (Lipinski definition) is 1. The molecule has 0 amide bonds. The molecule has 0 fully saturated rings. The smallest absolute Gasteiger partial charge is 0.116 e. The summed E-state index contributed by atoms with van der Waals surface area (Å²) in [6.45, 7) is 0.657. The lowest BCUT2D eigenvalue weighted by Crippen LogP contribution is -2.03. The minimum Gasteiger partial charge on any atom is -0.508 e. The van der Waals surface area contributed by atoms with Gasteiger partial charge in [0.05, 0.1) is 12.7 Å². The molecule has 28 heavy (non-hydrogen) atoms. The van der Waals surface area contributed by atoms with E-state index in [1.807, 2.05) is 53.5 Å². The van der Waals surface area contributed by atoms with Crippen molar-refractivity contribution < 1.29 is 5.11 Å². The van der Waals surface area contributed by atoms with Gasteiger partial charge in [-0.2, -0.15) is 5.10 Å². The molecule has 1 N–H and O–H groups in total. The van der Waals surface area contributed by atoms with Crippen LogP contribution in [0.1, 0.15) is 28.2 Å². The van der Waals surface area contributed by atoms with E-state index in [0.717, 1.165) is 16.7 Å². The molecule has 4 rings (SSSR count). The highest BCUT2D eigenvalue weighted by Crippen LogP contribution is 2.31. The van der Waals surface area contributed by atoms with Gasteiger partial charge in [-0.15, -0.1) is 0 Å². The quantitative estimate of drug-likeness (QED) is 0.528. The van der Waals surface area contributed by atoms with Crippen molar-refractivity contribution in [2.75, 3.05) is 0 Å². The van der Waals surface area contributed by atoms with Gasteiger partial charge >= 0.3 is 0 Å². The first kappa shape index (κ1) is 17.7. The third kappa shape index (κ3) is 4.18. The lowest BCUT2D eigenvalue weighted by Gasteiger charge is -2.16. The van der Waals surface area contributed by atoms with E-state index < -0.39 is 0 Å². The molecule has 138 valence electrons. The van der Waals surface area contributed by atoms with Crippen LogP contribution >= 0.6 is 0 Å². The summed E-state index contributed by atoms with van der Waals surface area (Å²) >= 11 is 0. The number of pyridine rings is 1. The van der Waals surface area contributed by atoms with Crippen molar-refractivity contribution in [3.63, 3.8) is 0 Å². The van der Waals surface area contributed by atoms with Gasteiger partial charge in [-0.25, -0.2) is 0 Å². The Kier molecular flexibility index (Phi) is 5.29. The SMILES string of the molecule is Oc1cccc(C=CCn2cc(C(c3ccccc3)c3cccnc3)cn2)c1. The van der Waals surface area contributed by atoms with Crippen LogP contribution in [0.5, 0.6) is 5.75 Å². The number of aromatic hydroxyl groups is 1. The van der Waals surface area contributed by atoms with E-state index in [4.69, 9.17) is 0 Å². The predicted molar refractivity (Wildman–Crippen MR) is 111 cm³/mol. The Bertz CT molecular complexity index is 1020. The molecule has 0 spiro atoms. The van der Waals surface area contributed by atoms with Gasteiger partial charge in [-0.3, -0.25) is 9.67 Å². The van der Waals surface area contributed by atoms with Crippen molar-refractivity contribution >= 4 is 6.08 Å². The van der Waals surface area contributed by atoms with Gasteiger partial charge in [0, 0.05) is 30.1 Å². The zero-order valence-electron chi connectivity index (χ0n) is 15.4. The Morgan fingerprint density at radius 1 is 0.893 bits per heavy atom. The third-order valence-electron chi connectivity index (χ3n) is 4.61. The van der Waals surface area contributed by atoms with Crippen molar-refractivity contribution in [3.05, 3.63) is 120 Å². The standard InChI is InChI=1S/C24H21N3O/c28-23-12-4-7-19(15-23)8-6-14-27-18-22(17-26-27)24(20-9-2-1-3-10-20)21-11-5-13-25-16-21/h1-13,15-18,24,28H,14H2. The van der Waals surface area contributed by atoms with Crippen molar-refractivity contribution in [2.24, 2.45) is 0 Å². The summed E-state index contributed by atoms with van der Waals surface area (Å²) in [5.74, 6) is 0.365. The molecule has 1 atom stereocenters. The maximum Gasteiger partial charge on any atom is 0.116 e. The molecule has 0 aliphatic heterocycles. The van der Waals surface area contributed by atoms with Gasteiger partial charge in [-0.05, 0) is 34.9 Å². The minimum absolute atomic E-state index is 0.0960. The Balaban J connectivity index is 1.57. The number of allylic oxidation sites excluding steroid dienone is 1. The second kappa shape index (κ2) is 8.35. The van der Waals surface area contributed by atoms with Crippen molar-refractivity contribution in [1.82, 2.24) is 14.8 Å². The van der Waals surface area contributed by atoms with Gasteiger partial charge in [-0.1, -0.05) is 60.7 Å². The first-order chi connectivity index (χ1) is 13.8. The fourth-order valence-corrected chi connectivity index (χ4v) is 3.32. The zero-order valence-corrected chi connectivity index (χ0v) is 15.4. The second-order valence-corrected chi connectivity index (χ2v) is 6.62. The van der Waals surface area contributed by atoms with Crippen LogP contribution in [-0.4, -0.2) is 19.9 Å². The fourth-order valence-electron chi connectivity index (χ4n) is 3.32. The van der Waals surface area contributed by atoms with E-state index in [9.17, 15) is 5.11 Å². The number of phenols is 1. The number of phenolic OH excluding ortho intramolecular Hbond substituents is 1. The molecule has 0 aliphatic carbocycles. The summed E-state index contributed by atoms with van der Waals surface area (Å²) in [6, 6.07) is 21.7. The Hall–Kier alpha value is -3.66. The highest BCUT2D eigenvalue weighted by atomic mass is 16.3. The van der Waals surface area contributed by atoms with Gasteiger partial charge in [0.15, 0.2) is 0 Å². The Morgan fingerprint density at radius 3 is 2.54 bits per heavy atom.